The van der Waals surface area contributed by atoms with Gasteiger partial charge in [-0.25, -0.2) is 0 Å². The maximum absolute atomic E-state index is 12.8. The summed E-state index contributed by atoms with van der Waals surface area (Å²) in [5.74, 6) is 2.53. The van der Waals surface area contributed by atoms with E-state index in [0.29, 0.717) is 19.6 Å². The van der Waals surface area contributed by atoms with Crippen molar-refractivity contribution in [1.29, 1.82) is 0 Å². The van der Waals surface area contributed by atoms with E-state index in [2.05, 4.69) is 5.32 Å². The molecule has 5 rings (SSSR count). The molecule has 1 saturated heterocycles. The van der Waals surface area contributed by atoms with Crippen LogP contribution >= 0.6 is 0 Å². The van der Waals surface area contributed by atoms with Crippen LogP contribution in [0.5, 0.6) is 0 Å². The Labute approximate surface area is 126 Å². The Balaban J connectivity index is 1.43. The standard InChI is InChI=1S/C17H27NO3/c1-11-17(20,2-3-21-11)10-18-15(19)16-7-12-4-13(8-16)6-14(5-12)9-16/h11-14,20H,2-10H2,1H3,(H,18,19). The zero-order chi connectivity index (χ0) is 14.7. The van der Waals surface area contributed by atoms with Gasteiger partial charge in [0, 0.05) is 25.0 Å². The van der Waals surface area contributed by atoms with Gasteiger partial charge in [0.25, 0.3) is 0 Å². The first-order valence-electron chi connectivity index (χ1n) is 8.61. The largest absolute Gasteiger partial charge is 0.385 e. The first-order valence-corrected chi connectivity index (χ1v) is 8.61. The summed E-state index contributed by atoms with van der Waals surface area (Å²) in [6.45, 7) is 2.82. The Morgan fingerprint density at radius 1 is 1.19 bits per heavy atom. The number of ether oxygens (including phenoxy) is 1. The van der Waals surface area contributed by atoms with Crippen LogP contribution in [0.25, 0.3) is 0 Å². The predicted octanol–water partition coefficient (Wildman–Crippen LogP) is 1.86. The highest BCUT2D eigenvalue weighted by molar-refractivity contribution is 5.83. The van der Waals surface area contributed by atoms with Crippen LogP contribution in [0.15, 0.2) is 0 Å². The van der Waals surface area contributed by atoms with Crippen molar-refractivity contribution in [2.24, 2.45) is 23.2 Å². The Hall–Kier alpha value is -0.610. The minimum atomic E-state index is -0.877. The van der Waals surface area contributed by atoms with Gasteiger partial charge in [-0.1, -0.05) is 0 Å². The molecule has 4 nitrogen and oxygen atoms in total. The molecule has 21 heavy (non-hydrogen) atoms. The van der Waals surface area contributed by atoms with Crippen LogP contribution in [-0.4, -0.2) is 35.9 Å². The van der Waals surface area contributed by atoms with E-state index in [1.54, 1.807) is 0 Å². The highest BCUT2D eigenvalue weighted by Crippen LogP contribution is 2.60. The second-order valence-corrected chi connectivity index (χ2v) is 8.25. The molecule has 0 aromatic rings. The van der Waals surface area contributed by atoms with Crippen molar-refractivity contribution in [3.8, 4) is 0 Å². The van der Waals surface area contributed by atoms with Crippen molar-refractivity contribution >= 4 is 5.91 Å². The van der Waals surface area contributed by atoms with Gasteiger partial charge in [-0.05, 0) is 63.2 Å². The third kappa shape index (κ3) is 2.22. The van der Waals surface area contributed by atoms with Gasteiger partial charge in [-0.3, -0.25) is 4.79 Å². The third-order valence-corrected chi connectivity index (χ3v) is 6.73. The molecule has 4 saturated carbocycles. The lowest BCUT2D eigenvalue weighted by atomic mass is 9.49. The number of carbonyl (C=O) groups excluding carboxylic acids is 1. The molecule has 4 aliphatic carbocycles. The SMILES string of the molecule is CC1OCCC1(O)CNC(=O)C12CC3CC(CC(C3)C1)C2. The van der Waals surface area contributed by atoms with E-state index in [-0.39, 0.29) is 17.4 Å². The minimum Gasteiger partial charge on any atom is -0.385 e. The number of hydrogen-bond donors (Lipinski definition) is 2. The van der Waals surface area contributed by atoms with E-state index >= 15 is 0 Å². The zero-order valence-corrected chi connectivity index (χ0v) is 12.9. The molecule has 0 spiro atoms. The Bertz CT molecular complexity index is 414. The molecule has 4 bridgehead atoms. The quantitative estimate of drug-likeness (QED) is 0.835. The topological polar surface area (TPSA) is 58.6 Å². The van der Waals surface area contributed by atoms with Crippen molar-refractivity contribution in [3.05, 3.63) is 0 Å². The molecule has 0 radical (unpaired) electrons. The summed E-state index contributed by atoms with van der Waals surface area (Å²) in [5, 5.41) is 13.6. The lowest BCUT2D eigenvalue weighted by Crippen LogP contribution is -2.56. The van der Waals surface area contributed by atoms with E-state index in [1.165, 1.54) is 19.3 Å². The maximum Gasteiger partial charge on any atom is 0.226 e. The number of aliphatic hydroxyl groups is 1. The monoisotopic (exact) mass is 293 g/mol. The van der Waals surface area contributed by atoms with Gasteiger partial charge in [0.2, 0.25) is 5.91 Å². The molecule has 1 aliphatic heterocycles. The Morgan fingerprint density at radius 2 is 1.76 bits per heavy atom. The first kappa shape index (κ1) is 14.0. The highest BCUT2D eigenvalue weighted by atomic mass is 16.5. The zero-order valence-electron chi connectivity index (χ0n) is 12.9. The number of amides is 1. The number of rotatable bonds is 3. The summed E-state index contributed by atoms with van der Waals surface area (Å²) in [4.78, 5) is 12.8. The van der Waals surface area contributed by atoms with Gasteiger partial charge < -0.3 is 15.2 Å². The average molecular weight is 293 g/mol. The van der Waals surface area contributed by atoms with E-state index < -0.39 is 5.60 Å². The van der Waals surface area contributed by atoms with Crippen molar-refractivity contribution < 1.29 is 14.6 Å². The van der Waals surface area contributed by atoms with Gasteiger partial charge in [0.15, 0.2) is 0 Å². The van der Waals surface area contributed by atoms with Crippen molar-refractivity contribution in [3.63, 3.8) is 0 Å². The molecule has 4 heteroatoms. The van der Waals surface area contributed by atoms with E-state index in [0.717, 1.165) is 37.0 Å². The minimum absolute atomic E-state index is 0.117. The van der Waals surface area contributed by atoms with E-state index in [9.17, 15) is 9.90 Å². The van der Waals surface area contributed by atoms with Crippen LogP contribution in [0, 0.1) is 23.2 Å². The van der Waals surface area contributed by atoms with Crippen molar-refractivity contribution in [2.75, 3.05) is 13.2 Å². The van der Waals surface area contributed by atoms with Crippen LogP contribution in [0.2, 0.25) is 0 Å². The Kier molecular flexibility index (Phi) is 3.13. The Morgan fingerprint density at radius 3 is 2.24 bits per heavy atom. The molecule has 2 atom stereocenters. The fourth-order valence-corrected chi connectivity index (χ4v) is 5.81. The van der Waals surface area contributed by atoms with Gasteiger partial charge in [-0.15, -0.1) is 0 Å². The lowest BCUT2D eigenvalue weighted by molar-refractivity contribution is -0.147. The second kappa shape index (κ2) is 4.69. The van der Waals surface area contributed by atoms with Crippen LogP contribution in [0.1, 0.15) is 51.9 Å². The third-order valence-electron chi connectivity index (χ3n) is 6.73. The summed E-state index contributed by atoms with van der Waals surface area (Å²) in [6, 6.07) is 0. The highest BCUT2D eigenvalue weighted by Gasteiger charge is 2.55. The van der Waals surface area contributed by atoms with Crippen LogP contribution in [0.3, 0.4) is 0 Å². The van der Waals surface area contributed by atoms with Crippen molar-refractivity contribution in [2.45, 2.75) is 63.6 Å². The molecule has 0 aromatic heterocycles. The van der Waals surface area contributed by atoms with E-state index in [4.69, 9.17) is 4.74 Å². The summed E-state index contributed by atoms with van der Waals surface area (Å²) in [7, 11) is 0. The second-order valence-electron chi connectivity index (χ2n) is 8.25. The molecule has 2 unspecified atom stereocenters. The van der Waals surface area contributed by atoms with Gasteiger partial charge in [0.05, 0.1) is 6.10 Å². The molecule has 118 valence electrons. The summed E-state index contributed by atoms with van der Waals surface area (Å²) >= 11 is 0. The molecule has 5 fully saturated rings. The maximum atomic E-state index is 12.8. The van der Waals surface area contributed by atoms with Crippen LogP contribution < -0.4 is 5.32 Å². The molecule has 1 heterocycles. The van der Waals surface area contributed by atoms with E-state index in [1.807, 2.05) is 6.92 Å². The average Bonchev–Trinajstić information content (AvgIpc) is 2.75. The van der Waals surface area contributed by atoms with Gasteiger partial charge in [0.1, 0.15) is 5.60 Å². The molecular formula is C17H27NO3. The molecule has 2 N–H and O–H groups in total. The van der Waals surface area contributed by atoms with Crippen molar-refractivity contribution in [1.82, 2.24) is 5.32 Å². The number of nitrogens with one attached hydrogen (secondary N) is 1. The predicted molar refractivity (Wildman–Crippen MR) is 78.6 cm³/mol. The van der Waals surface area contributed by atoms with Gasteiger partial charge in [-0.2, -0.15) is 0 Å². The fourth-order valence-electron chi connectivity index (χ4n) is 5.81. The normalized spacial score (nSPS) is 51.3. The summed E-state index contributed by atoms with van der Waals surface area (Å²) in [6.07, 6.45) is 7.72. The summed E-state index contributed by atoms with van der Waals surface area (Å²) in [5.41, 5.74) is -0.994. The molecule has 0 aromatic carbocycles. The smallest absolute Gasteiger partial charge is 0.226 e. The molecule has 5 aliphatic rings. The fraction of sp³-hybridized carbons (Fsp3) is 0.941. The summed E-state index contributed by atoms with van der Waals surface area (Å²) < 4.78 is 5.45. The number of carbonyl (C=O) groups is 1. The van der Waals surface area contributed by atoms with Gasteiger partial charge >= 0.3 is 0 Å². The lowest BCUT2D eigenvalue weighted by Gasteiger charge is -2.55. The molecular weight excluding hydrogens is 266 g/mol. The molecule has 1 amide bonds. The van der Waals surface area contributed by atoms with Crippen LogP contribution in [-0.2, 0) is 9.53 Å². The van der Waals surface area contributed by atoms with Crippen LogP contribution in [0.4, 0.5) is 0 Å². The number of hydrogen-bond acceptors (Lipinski definition) is 3. The first-order chi connectivity index (χ1) is 9.99.